The summed E-state index contributed by atoms with van der Waals surface area (Å²) < 4.78 is 104. The number of fused-ring (bicyclic) bond motifs is 3. The van der Waals surface area contributed by atoms with Crippen LogP contribution in [0.25, 0.3) is 33.3 Å². The number of halogens is 9. The van der Waals surface area contributed by atoms with E-state index >= 15 is 8.78 Å². The van der Waals surface area contributed by atoms with Crippen molar-refractivity contribution in [2.24, 2.45) is 0 Å². The molecule has 450 valence electrons. The number of carbonyl (C=O) groups excluding carboxylic acids is 3. The molecule has 4 fully saturated rings. The lowest BCUT2D eigenvalue weighted by molar-refractivity contribution is -0.124. The van der Waals surface area contributed by atoms with Gasteiger partial charge in [-0.05, 0) is 178 Å². The molecular weight excluding hydrogens is 1200 g/mol. The van der Waals surface area contributed by atoms with E-state index < -0.39 is 80.4 Å². The fourth-order valence-electron chi connectivity index (χ4n) is 11.9. The van der Waals surface area contributed by atoms with Gasteiger partial charge in [0.25, 0.3) is 24.7 Å². The Balaban J connectivity index is 0.000000206. The summed E-state index contributed by atoms with van der Waals surface area (Å²) in [5, 5.41) is 9.67. The van der Waals surface area contributed by atoms with Crippen LogP contribution in [-0.4, -0.2) is 105 Å². The molecule has 16 nitrogen and oxygen atoms in total. The molecule has 2 aromatic carbocycles. The van der Waals surface area contributed by atoms with E-state index in [9.17, 15) is 36.3 Å². The Hall–Kier alpha value is -6.92. The minimum atomic E-state index is -2.84. The van der Waals surface area contributed by atoms with Crippen molar-refractivity contribution in [3.8, 4) is 11.3 Å². The first kappa shape index (κ1) is 59.8. The highest BCUT2D eigenvalue weighted by Crippen LogP contribution is 2.52. The maximum atomic E-state index is 15.6. The number of aryl methyl sites for hydroxylation is 1. The first-order valence-corrected chi connectivity index (χ1v) is 29.6. The average molecular weight is 1260 g/mol. The lowest BCUT2D eigenvalue weighted by atomic mass is 9.71. The van der Waals surface area contributed by atoms with Crippen LogP contribution in [0.3, 0.4) is 0 Å². The second-order valence-corrected chi connectivity index (χ2v) is 25.7. The van der Waals surface area contributed by atoms with Gasteiger partial charge in [-0.25, -0.2) is 50.7 Å². The van der Waals surface area contributed by atoms with Crippen molar-refractivity contribution in [2.75, 3.05) is 28.6 Å². The highest BCUT2D eigenvalue weighted by molar-refractivity contribution is 9.10. The summed E-state index contributed by atoms with van der Waals surface area (Å²) in [6, 6.07) is 9.35. The number of likely N-dealkylation sites (tertiary alicyclic amines) is 1. The number of nitrogens with zero attached hydrogens (tertiary/aromatic N) is 9. The quantitative estimate of drug-likeness (QED) is 0.0436. The Bertz CT molecular complexity index is 3830. The van der Waals surface area contributed by atoms with Gasteiger partial charge >= 0.3 is 0 Å². The van der Waals surface area contributed by atoms with Crippen LogP contribution < -0.4 is 26.2 Å². The minimum Gasteiger partial charge on any atom is -0.341 e. The molecule has 25 heteroatoms. The Labute approximate surface area is 499 Å². The highest BCUT2D eigenvalue weighted by atomic mass is 79.9. The normalized spacial score (nSPS) is 20.2. The van der Waals surface area contributed by atoms with E-state index in [0.29, 0.717) is 66.7 Å². The van der Waals surface area contributed by atoms with E-state index in [2.05, 4.69) is 64.0 Å². The van der Waals surface area contributed by atoms with Crippen LogP contribution in [0, 0.1) is 24.4 Å². The van der Waals surface area contributed by atoms with Crippen LogP contribution >= 0.6 is 27.5 Å². The van der Waals surface area contributed by atoms with Crippen molar-refractivity contribution in [2.45, 2.75) is 166 Å². The Morgan fingerprint density at radius 2 is 1.25 bits per heavy atom. The average Bonchev–Trinajstić information content (AvgIpc) is 1.63. The number of rotatable bonds is 15. The van der Waals surface area contributed by atoms with Crippen molar-refractivity contribution in [3.63, 3.8) is 0 Å². The number of aromatic nitrogens is 7. The molecule has 0 radical (unpaired) electrons. The molecular formula is C60H64BrClF7N13O3. The molecule has 5 aromatic heterocycles. The summed E-state index contributed by atoms with van der Waals surface area (Å²) in [4.78, 5) is 67.5. The maximum Gasteiger partial charge on any atom is 0.261 e. The largest absolute Gasteiger partial charge is 0.341 e. The van der Waals surface area contributed by atoms with Gasteiger partial charge in [-0.15, -0.1) is 0 Å². The molecule has 2 aliphatic heterocycles. The van der Waals surface area contributed by atoms with Crippen LogP contribution in [0.4, 0.5) is 59.4 Å². The van der Waals surface area contributed by atoms with Gasteiger partial charge in [-0.2, -0.15) is 0 Å². The smallest absolute Gasteiger partial charge is 0.261 e. The van der Waals surface area contributed by atoms with Gasteiger partial charge in [0, 0.05) is 41.0 Å². The Morgan fingerprint density at radius 3 is 1.81 bits per heavy atom. The topological polar surface area (TPSA) is 180 Å². The zero-order valence-corrected chi connectivity index (χ0v) is 50.4. The van der Waals surface area contributed by atoms with Gasteiger partial charge in [-0.1, -0.05) is 18.0 Å². The van der Waals surface area contributed by atoms with Crippen LogP contribution in [0.15, 0.2) is 59.9 Å². The van der Waals surface area contributed by atoms with Crippen LogP contribution in [-0.2, 0) is 10.2 Å². The molecule has 0 atom stereocenters. The molecule has 0 bridgehead atoms. The molecule has 4 N–H and O–H groups in total. The summed E-state index contributed by atoms with van der Waals surface area (Å²) in [6.07, 6.45) is 5.37. The number of amides is 3. The van der Waals surface area contributed by atoms with E-state index in [0.717, 1.165) is 32.0 Å². The number of carbonyl (C=O) groups is 3. The number of hydrogen-bond acceptors (Lipinski definition) is 11. The zero-order chi connectivity index (χ0) is 61.0. The predicted octanol–water partition coefficient (Wildman–Crippen LogP) is 13.8. The molecule has 7 aromatic rings. The van der Waals surface area contributed by atoms with E-state index in [4.69, 9.17) is 21.6 Å². The standard InChI is InChI=1S/C39H43ClF4N8O2.C21H21BrF3N5O/c1-20(2)51-19-46-26-15-24(47-33(31(26)51)48-25-14-23(28(40)30(42)29(25)41)34(53)49-39(9-10-39)35(43)44)21-13-27-32(45-18-21)37(3,4)36(54)52(27)38(5)16-22(17-38)50-11-7-6-8-12-50;1-10(2)30-9-26-15-8-16(22)28-18(17(15)30)27-14-7-12(11(3)6-13(14)23)19(31)29-21(4-5-21)20(24)25/h13-15,18-20,22,35H,6-12,16-17H2,1-5H3,(H,47,48)(H,49,53);6-10,20H,4-5H2,1-3H3,(H,27,28)(H,29,31). The third-order valence-corrected chi connectivity index (χ3v) is 18.1. The van der Waals surface area contributed by atoms with Crippen molar-refractivity contribution < 1.29 is 45.1 Å². The molecule has 3 amide bonds. The number of alkyl halides is 4. The third kappa shape index (κ3) is 10.9. The third-order valence-electron chi connectivity index (χ3n) is 17.3. The summed E-state index contributed by atoms with van der Waals surface area (Å²) in [6.45, 7) is 17.5. The number of nitrogens with one attached hydrogen (secondary N) is 4. The van der Waals surface area contributed by atoms with Gasteiger partial charge in [0.2, 0.25) is 5.91 Å². The highest BCUT2D eigenvalue weighted by Gasteiger charge is 2.57. The Kier molecular flexibility index (Phi) is 15.5. The van der Waals surface area contributed by atoms with Gasteiger partial charge in [0.1, 0.15) is 32.5 Å². The minimum absolute atomic E-state index is 0.00979. The monoisotopic (exact) mass is 1260 g/mol. The van der Waals surface area contributed by atoms with Crippen molar-refractivity contribution in [3.05, 3.63) is 105 Å². The first-order chi connectivity index (χ1) is 40.2. The lowest BCUT2D eigenvalue weighted by Gasteiger charge is -2.55. The maximum absolute atomic E-state index is 15.6. The van der Waals surface area contributed by atoms with Crippen LogP contribution in [0.2, 0.25) is 5.02 Å². The second-order valence-electron chi connectivity index (χ2n) is 24.5. The SMILES string of the molecule is CC(C)n1cnc2cc(-c3cnc4c(c3)N(C3(C)CC(N5CCCCC5)C3)C(=O)C4(C)C)nc(Nc3cc(C(=O)NC4(C(F)F)CC4)c(Cl)c(F)c3F)c21.Cc1cc(F)c(Nc2nc(Br)cc3ncn(C(C)C)c23)cc1C(=O)NC1(C(F)F)CC1. The zero-order valence-electron chi connectivity index (χ0n) is 48.0. The molecule has 1 saturated heterocycles. The van der Waals surface area contributed by atoms with E-state index in [-0.39, 0.29) is 60.7 Å². The molecule has 0 spiro atoms. The van der Waals surface area contributed by atoms with E-state index in [1.54, 1.807) is 37.9 Å². The Morgan fingerprint density at radius 1 is 0.706 bits per heavy atom. The molecule has 3 aliphatic carbocycles. The van der Waals surface area contributed by atoms with Gasteiger partial charge in [0.05, 0.1) is 68.1 Å². The predicted molar refractivity (Wildman–Crippen MR) is 314 cm³/mol. The van der Waals surface area contributed by atoms with E-state index in [1.165, 1.54) is 31.4 Å². The van der Waals surface area contributed by atoms with Gasteiger partial charge < -0.3 is 40.2 Å². The van der Waals surface area contributed by atoms with Crippen molar-refractivity contribution in [1.29, 1.82) is 0 Å². The molecule has 0 unspecified atom stereocenters. The van der Waals surface area contributed by atoms with Crippen molar-refractivity contribution in [1.82, 2.24) is 49.6 Å². The lowest BCUT2D eigenvalue weighted by Crippen LogP contribution is -2.64. The number of imidazole rings is 2. The number of hydrogen-bond donors (Lipinski definition) is 4. The molecule has 7 heterocycles. The first-order valence-electron chi connectivity index (χ1n) is 28.4. The summed E-state index contributed by atoms with van der Waals surface area (Å²) in [5.41, 5.74) is -0.263. The van der Waals surface area contributed by atoms with Crippen LogP contribution in [0.5, 0.6) is 0 Å². The van der Waals surface area contributed by atoms with E-state index in [1.807, 2.05) is 61.6 Å². The summed E-state index contributed by atoms with van der Waals surface area (Å²) in [7, 11) is 0. The van der Waals surface area contributed by atoms with Crippen LogP contribution in [0.1, 0.15) is 150 Å². The molecule has 12 rings (SSSR count). The fourth-order valence-corrected chi connectivity index (χ4v) is 12.5. The van der Waals surface area contributed by atoms with Crippen molar-refractivity contribution >= 4 is 96.0 Å². The van der Waals surface area contributed by atoms with Gasteiger partial charge in [0.15, 0.2) is 23.3 Å². The molecule has 85 heavy (non-hydrogen) atoms. The number of pyridine rings is 3. The second kappa shape index (κ2) is 22.1. The number of anilines is 5. The van der Waals surface area contributed by atoms with Gasteiger partial charge in [-0.3, -0.25) is 19.4 Å². The molecule has 3 saturated carbocycles. The number of benzene rings is 2. The number of piperidine rings is 1. The summed E-state index contributed by atoms with van der Waals surface area (Å²) in [5.74, 6) is -4.74. The summed E-state index contributed by atoms with van der Waals surface area (Å²) >= 11 is 9.41. The fraction of sp³-hybridized carbons (Fsp3) is 0.467. The molecule has 5 aliphatic rings.